The molecule has 1 unspecified atom stereocenters. The Morgan fingerprint density at radius 1 is 1.26 bits per heavy atom. The molecular formula is C15H17F2NO. The lowest BCUT2D eigenvalue weighted by Crippen LogP contribution is -2.25. The van der Waals surface area contributed by atoms with Crippen molar-refractivity contribution in [3.8, 4) is 0 Å². The number of nitrogens with one attached hydrogen (secondary N) is 1. The van der Waals surface area contributed by atoms with E-state index in [1.54, 1.807) is 19.1 Å². The lowest BCUT2D eigenvalue weighted by atomic mass is 10.0. The van der Waals surface area contributed by atoms with E-state index in [1.807, 2.05) is 6.92 Å². The van der Waals surface area contributed by atoms with E-state index in [4.69, 9.17) is 4.42 Å². The molecule has 0 radical (unpaired) electrons. The maximum Gasteiger partial charge on any atom is 0.134 e. The second kappa shape index (κ2) is 5.97. The van der Waals surface area contributed by atoms with Crippen molar-refractivity contribution in [2.24, 2.45) is 0 Å². The van der Waals surface area contributed by atoms with Crippen molar-refractivity contribution in [2.75, 3.05) is 6.54 Å². The van der Waals surface area contributed by atoms with E-state index in [1.165, 1.54) is 18.4 Å². The van der Waals surface area contributed by atoms with Gasteiger partial charge in [0, 0.05) is 5.56 Å². The number of benzene rings is 1. The van der Waals surface area contributed by atoms with Crippen molar-refractivity contribution in [1.29, 1.82) is 0 Å². The van der Waals surface area contributed by atoms with Crippen LogP contribution in [0.1, 0.15) is 36.3 Å². The van der Waals surface area contributed by atoms with Crippen LogP contribution in [0.25, 0.3) is 0 Å². The molecule has 4 heteroatoms. The zero-order valence-electron chi connectivity index (χ0n) is 11.0. The zero-order chi connectivity index (χ0) is 13.8. The summed E-state index contributed by atoms with van der Waals surface area (Å²) in [6, 6.07) is 5.55. The number of furan rings is 1. The van der Waals surface area contributed by atoms with Gasteiger partial charge >= 0.3 is 0 Å². The summed E-state index contributed by atoms with van der Waals surface area (Å²) in [6.07, 6.45) is 2.37. The molecule has 0 fully saturated rings. The summed E-state index contributed by atoms with van der Waals surface area (Å²) in [7, 11) is 0. The highest BCUT2D eigenvalue weighted by molar-refractivity contribution is 5.33. The van der Waals surface area contributed by atoms with E-state index < -0.39 is 17.7 Å². The molecule has 1 atom stereocenters. The molecule has 0 bridgehead atoms. The average Bonchev–Trinajstić information content (AvgIpc) is 2.92. The summed E-state index contributed by atoms with van der Waals surface area (Å²) in [5, 5.41) is 3.12. The van der Waals surface area contributed by atoms with Crippen LogP contribution in [0.15, 0.2) is 34.9 Å². The number of rotatable bonds is 5. The van der Waals surface area contributed by atoms with Gasteiger partial charge in [-0.25, -0.2) is 8.78 Å². The van der Waals surface area contributed by atoms with Gasteiger partial charge in [-0.1, -0.05) is 13.0 Å². The van der Waals surface area contributed by atoms with Crippen molar-refractivity contribution in [2.45, 2.75) is 26.3 Å². The topological polar surface area (TPSA) is 25.2 Å². The first-order chi connectivity index (χ1) is 9.15. The SMILES string of the molecule is CCCNC(c1ccco1)c1c(F)ccc(C)c1F. The van der Waals surface area contributed by atoms with Crippen LogP contribution < -0.4 is 5.32 Å². The first-order valence-corrected chi connectivity index (χ1v) is 6.36. The van der Waals surface area contributed by atoms with Crippen molar-refractivity contribution in [3.63, 3.8) is 0 Å². The molecule has 1 N–H and O–H groups in total. The van der Waals surface area contributed by atoms with Crippen LogP contribution in [0, 0.1) is 18.6 Å². The highest BCUT2D eigenvalue weighted by Crippen LogP contribution is 2.28. The standard InChI is InChI=1S/C15H17F2NO/c1-3-8-18-15(12-5-4-9-19-12)13-11(16)7-6-10(2)14(13)17/h4-7,9,15,18H,3,8H2,1-2H3. The van der Waals surface area contributed by atoms with Crippen LogP contribution in [0.2, 0.25) is 0 Å². The van der Waals surface area contributed by atoms with E-state index in [9.17, 15) is 8.78 Å². The van der Waals surface area contributed by atoms with Gasteiger partial charge in [0.1, 0.15) is 17.4 Å². The van der Waals surface area contributed by atoms with Crippen molar-refractivity contribution >= 4 is 0 Å². The fourth-order valence-electron chi connectivity index (χ4n) is 2.03. The Labute approximate surface area is 111 Å². The Morgan fingerprint density at radius 2 is 2.05 bits per heavy atom. The predicted octanol–water partition coefficient (Wildman–Crippen LogP) is 3.96. The fourth-order valence-corrected chi connectivity index (χ4v) is 2.03. The monoisotopic (exact) mass is 265 g/mol. The molecule has 0 aliphatic heterocycles. The molecule has 0 amide bonds. The molecule has 102 valence electrons. The summed E-state index contributed by atoms with van der Waals surface area (Å²) in [5.74, 6) is -0.574. The van der Waals surface area contributed by atoms with Gasteiger partial charge < -0.3 is 9.73 Å². The smallest absolute Gasteiger partial charge is 0.134 e. The third-order valence-electron chi connectivity index (χ3n) is 3.03. The minimum absolute atomic E-state index is 0.0170. The van der Waals surface area contributed by atoms with Gasteiger partial charge in [-0.15, -0.1) is 0 Å². The van der Waals surface area contributed by atoms with E-state index in [-0.39, 0.29) is 5.56 Å². The lowest BCUT2D eigenvalue weighted by Gasteiger charge is -2.19. The van der Waals surface area contributed by atoms with Crippen molar-refractivity contribution in [3.05, 3.63) is 59.1 Å². The second-order valence-corrected chi connectivity index (χ2v) is 4.49. The Bertz CT molecular complexity index is 537. The van der Waals surface area contributed by atoms with Gasteiger partial charge in [0.25, 0.3) is 0 Å². The van der Waals surface area contributed by atoms with E-state index in [0.717, 1.165) is 6.42 Å². The van der Waals surface area contributed by atoms with Gasteiger partial charge in [0.05, 0.1) is 12.3 Å². The van der Waals surface area contributed by atoms with Crippen LogP contribution >= 0.6 is 0 Å². The van der Waals surface area contributed by atoms with Crippen molar-refractivity contribution < 1.29 is 13.2 Å². The van der Waals surface area contributed by atoms with Gasteiger partial charge in [0.2, 0.25) is 0 Å². The average molecular weight is 265 g/mol. The van der Waals surface area contributed by atoms with E-state index in [0.29, 0.717) is 17.9 Å². The van der Waals surface area contributed by atoms with Crippen LogP contribution in [-0.4, -0.2) is 6.54 Å². The molecule has 0 saturated carbocycles. The predicted molar refractivity (Wildman–Crippen MR) is 69.9 cm³/mol. The van der Waals surface area contributed by atoms with E-state index in [2.05, 4.69) is 5.32 Å². The Morgan fingerprint density at radius 3 is 2.68 bits per heavy atom. The van der Waals surface area contributed by atoms with Gasteiger partial charge in [0.15, 0.2) is 0 Å². The maximum absolute atomic E-state index is 14.2. The summed E-state index contributed by atoms with van der Waals surface area (Å²) in [5.41, 5.74) is 0.439. The molecule has 0 spiro atoms. The lowest BCUT2D eigenvalue weighted by molar-refractivity contribution is 0.421. The van der Waals surface area contributed by atoms with Crippen LogP contribution in [-0.2, 0) is 0 Å². The molecule has 2 nitrogen and oxygen atoms in total. The molecule has 0 saturated heterocycles. The first-order valence-electron chi connectivity index (χ1n) is 6.36. The summed E-state index contributed by atoms with van der Waals surface area (Å²) in [4.78, 5) is 0. The molecule has 1 heterocycles. The largest absolute Gasteiger partial charge is 0.467 e. The second-order valence-electron chi connectivity index (χ2n) is 4.49. The van der Waals surface area contributed by atoms with Crippen LogP contribution in [0.3, 0.4) is 0 Å². The molecule has 1 aromatic carbocycles. The summed E-state index contributed by atoms with van der Waals surface area (Å²) < 4.78 is 33.5. The molecule has 0 aliphatic rings. The van der Waals surface area contributed by atoms with Crippen molar-refractivity contribution in [1.82, 2.24) is 5.32 Å². The normalized spacial score (nSPS) is 12.6. The maximum atomic E-state index is 14.2. The van der Waals surface area contributed by atoms with Gasteiger partial charge in [-0.05, 0) is 43.7 Å². The number of hydrogen-bond donors (Lipinski definition) is 1. The number of hydrogen-bond acceptors (Lipinski definition) is 2. The molecule has 0 aliphatic carbocycles. The molecular weight excluding hydrogens is 248 g/mol. The minimum atomic E-state index is -0.602. The van der Waals surface area contributed by atoms with Crippen LogP contribution in [0.4, 0.5) is 8.78 Å². The summed E-state index contributed by atoms with van der Waals surface area (Å²) in [6.45, 7) is 4.27. The number of aryl methyl sites for hydroxylation is 1. The summed E-state index contributed by atoms with van der Waals surface area (Å²) >= 11 is 0. The third-order valence-corrected chi connectivity index (χ3v) is 3.03. The fraction of sp³-hybridized carbons (Fsp3) is 0.333. The molecule has 19 heavy (non-hydrogen) atoms. The molecule has 2 aromatic rings. The molecule has 2 rings (SSSR count). The van der Waals surface area contributed by atoms with Gasteiger partial charge in [-0.2, -0.15) is 0 Å². The zero-order valence-corrected chi connectivity index (χ0v) is 11.0. The Balaban J connectivity index is 2.46. The quantitative estimate of drug-likeness (QED) is 0.885. The Hall–Kier alpha value is -1.68. The minimum Gasteiger partial charge on any atom is -0.467 e. The number of halogens is 2. The van der Waals surface area contributed by atoms with Crippen LogP contribution in [0.5, 0.6) is 0 Å². The molecule has 1 aromatic heterocycles. The highest BCUT2D eigenvalue weighted by atomic mass is 19.1. The third kappa shape index (κ3) is 2.84. The Kier molecular flexibility index (Phi) is 4.32. The van der Waals surface area contributed by atoms with Gasteiger partial charge in [-0.3, -0.25) is 0 Å². The first kappa shape index (κ1) is 13.7. The highest BCUT2D eigenvalue weighted by Gasteiger charge is 2.24. The van der Waals surface area contributed by atoms with E-state index >= 15 is 0 Å².